The third-order valence-electron chi connectivity index (χ3n) is 7.19. The maximum atomic E-state index is 13.8. The van der Waals surface area contributed by atoms with Crippen molar-refractivity contribution in [2.24, 2.45) is 5.10 Å². The van der Waals surface area contributed by atoms with Gasteiger partial charge in [0, 0.05) is 47.1 Å². The number of aromatic nitrogens is 3. The summed E-state index contributed by atoms with van der Waals surface area (Å²) in [5, 5.41) is 8.83. The number of nitrogens with zero attached hydrogens (tertiary/aromatic N) is 5. The van der Waals surface area contributed by atoms with Crippen LogP contribution in [0.3, 0.4) is 0 Å². The number of amides is 2. The molecule has 0 aliphatic carbocycles. The van der Waals surface area contributed by atoms with Gasteiger partial charge < -0.3 is 26.3 Å². The molecule has 1 aliphatic rings. The van der Waals surface area contributed by atoms with Crippen LogP contribution in [-0.2, 0) is 11.2 Å². The molecule has 0 saturated carbocycles. The van der Waals surface area contributed by atoms with Gasteiger partial charge >= 0.3 is 0 Å². The second-order valence-corrected chi connectivity index (χ2v) is 11.7. The van der Waals surface area contributed by atoms with Crippen LogP contribution in [0.1, 0.15) is 70.7 Å². The summed E-state index contributed by atoms with van der Waals surface area (Å²) in [4.78, 5) is 39.0. The SMILES string of the molecule is COc1cc(Cc2cnc(N)nc2N)cc(C=CC(=O)N2N=Cc3ccccc3C2c2ccc(C(=O)NC(C)(C)C)nc2)c1OC. The van der Waals surface area contributed by atoms with E-state index in [1.807, 2.05) is 57.2 Å². The highest BCUT2D eigenvalue weighted by Crippen LogP contribution is 2.36. The van der Waals surface area contributed by atoms with Crippen molar-refractivity contribution in [3.8, 4) is 11.5 Å². The number of hydrogen-bond donors (Lipinski definition) is 3. The van der Waals surface area contributed by atoms with Crippen LogP contribution in [0.2, 0.25) is 0 Å². The summed E-state index contributed by atoms with van der Waals surface area (Å²) in [5.41, 5.74) is 16.2. The largest absolute Gasteiger partial charge is 0.493 e. The summed E-state index contributed by atoms with van der Waals surface area (Å²) < 4.78 is 11.2. The normalized spacial score (nSPS) is 14.2. The van der Waals surface area contributed by atoms with E-state index < -0.39 is 11.6 Å². The number of ether oxygens (including phenoxy) is 2. The number of rotatable bonds is 8. The first-order valence-electron chi connectivity index (χ1n) is 14.5. The second-order valence-electron chi connectivity index (χ2n) is 11.7. The third-order valence-corrected chi connectivity index (χ3v) is 7.19. The summed E-state index contributed by atoms with van der Waals surface area (Å²) >= 11 is 0. The number of fused-ring (bicyclic) bond motifs is 1. The predicted molar refractivity (Wildman–Crippen MR) is 176 cm³/mol. The number of nitrogens with two attached hydrogens (primary N) is 2. The number of carbonyl (C=O) groups is 2. The zero-order chi connectivity index (χ0) is 33.0. The van der Waals surface area contributed by atoms with Crippen molar-refractivity contribution >= 4 is 35.9 Å². The molecule has 0 fully saturated rings. The first-order chi connectivity index (χ1) is 22.0. The molecule has 0 saturated heterocycles. The lowest BCUT2D eigenvalue weighted by atomic mass is 9.93. The molecule has 2 aromatic heterocycles. The molecule has 5 rings (SSSR count). The molecule has 12 nitrogen and oxygen atoms in total. The van der Waals surface area contributed by atoms with Crippen molar-refractivity contribution in [3.05, 3.63) is 106 Å². The Kier molecular flexibility index (Phi) is 8.99. The summed E-state index contributed by atoms with van der Waals surface area (Å²) in [6.07, 6.45) is 8.32. The lowest BCUT2D eigenvalue weighted by Crippen LogP contribution is -2.41. The molecular formula is C34H36N8O4. The Labute approximate surface area is 267 Å². The standard InChI is InChI=1S/C34H36N8O4/c1-34(2,3)41-32(44)26-12-10-23(17-37-26)29-25-9-7-6-8-22(25)19-39-42(29)28(43)13-11-21-14-20(16-27(45-4)30(21)46-5)15-24-18-38-33(36)40-31(24)35/h6-14,16-19,29H,15H2,1-5H3,(H,41,44)(H4,35,36,38,40). The number of nitrogen functional groups attached to an aromatic ring is 2. The first kappa shape index (κ1) is 31.6. The highest BCUT2D eigenvalue weighted by Gasteiger charge is 2.30. The van der Waals surface area contributed by atoms with Crippen molar-refractivity contribution in [1.82, 2.24) is 25.3 Å². The average Bonchev–Trinajstić information content (AvgIpc) is 3.03. The smallest absolute Gasteiger partial charge is 0.270 e. The molecule has 2 aromatic carbocycles. The molecule has 3 heterocycles. The topological polar surface area (TPSA) is 171 Å². The minimum Gasteiger partial charge on any atom is -0.493 e. The van der Waals surface area contributed by atoms with Crippen molar-refractivity contribution < 1.29 is 19.1 Å². The Morgan fingerprint density at radius 3 is 2.48 bits per heavy atom. The van der Waals surface area contributed by atoms with Crippen molar-refractivity contribution in [2.75, 3.05) is 25.7 Å². The number of methoxy groups -OCH3 is 2. The fourth-order valence-electron chi connectivity index (χ4n) is 5.12. The van der Waals surface area contributed by atoms with E-state index in [-0.39, 0.29) is 29.3 Å². The van der Waals surface area contributed by atoms with E-state index in [0.717, 1.165) is 16.7 Å². The van der Waals surface area contributed by atoms with Crippen molar-refractivity contribution in [1.29, 1.82) is 0 Å². The predicted octanol–water partition coefficient (Wildman–Crippen LogP) is 4.15. The number of nitrogens with one attached hydrogen (secondary N) is 1. The molecule has 4 aromatic rings. The minimum absolute atomic E-state index is 0.0924. The van der Waals surface area contributed by atoms with Gasteiger partial charge in [0.25, 0.3) is 11.8 Å². The fourth-order valence-corrected chi connectivity index (χ4v) is 5.12. The van der Waals surface area contributed by atoms with Gasteiger partial charge in [0.05, 0.1) is 20.4 Å². The van der Waals surface area contributed by atoms with Gasteiger partial charge in [0.15, 0.2) is 11.5 Å². The van der Waals surface area contributed by atoms with Gasteiger partial charge in [-0.05, 0) is 61.7 Å². The Balaban J connectivity index is 1.47. The summed E-state index contributed by atoms with van der Waals surface area (Å²) in [6.45, 7) is 5.71. The van der Waals surface area contributed by atoms with Gasteiger partial charge in [0.2, 0.25) is 5.95 Å². The molecular weight excluding hydrogens is 584 g/mol. The number of hydrazone groups is 1. The van der Waals surface area contributed by atoms with E-state index >= 15 is 0 Å². The second kappa shape index (κ2) is 13.1. The van der Waals surface area contributed by atoms with Gasteiger partial charge in [0.1, 0.15) is 17.6 Å². The Bertz CT molecular complexity index is 1830. The summed E-state index contributed by atoms with van der Waals surface area (Å²) in [7, 11) is 3.07. The molecule has 12 heteroatoms. The van der Waals surface area contributed by atoms with Crippen molar-refractivity contribution in [2.45, 2.75) is 38.8 Å². The molecule has 1 aliphatic heterocycles. The van der Waals surface area contributed by atoms with Crippen LogP contribution in [0.5, 0.6) is 11.5 Å². The molecule has 0 radical (unpaired) electrons. The van der Waals surface area contributed by atoms with Crippen LogP contribution in [0, 0.1) is 0 Å². The molecule has 5 N–H and O–H groups in total. The number of benzene rings is 2. The van der Waals surface area contributed by atoms with Crippen LogP contribution in [0.25, 0.3) is 6.08 Å². The average molecular weight is 621 g/mol. The summed E-state index contributed by atoms with van der Waals surface area (Å²) in [6, 6.07) is 14.3. The Morgan fingerprint density at radius 1 is 1.02 bits per heavy atom. The highest BCUT2D eigenvalue weighted by atomic mass is 16.5. The molecule has 0 spiro atoms. The molecule has 0 bridgehead atoms. The molecule has 1 atom stereocenters. The van der Waals surface area contributed by atoms with Crippen LogP contribution in [-0.4, -0.2) is 57.7 Å². The fraction of sp³-hybridized carbons (Fsp3) is 0.235. The number of pyridine rings is 1. The zero-order valence-corrected chi connectivity index (χ0v) is 26.3. The zero-order valence-electron chi connectivity index (χ0n) is 26.3. The number of anilines is 2. The van der Waals surface area contributed by atoms with E-state index in [2.05, 4.69) is 25.4 Å². The Morgan fingerprint density at radius 2 is 1.80 bits per heavy atom. The van der Waals surface area contributed by atoms with Crippen LogP contribution in [0.15, 0.2) is 72.1 Å². The van der Waals surface area contributed by atoms with Gasteiger partial charge in [-0.15, -0.1) is 0 Å². The lowest BCUT2D eigenvalue weighted by Gasteiger charge is -2.31. The van der Waals surface area contributed by atoms with Crippen LogP contribution in [0.4, 0.5) is 11.8 Å². The molecule has 1 unspecified atom stereocenters. The monoisotopic (exact) mass is 620 g/mol. The number of hydrogen-bond acceptors (Lipinski definition) is 10. The van der Waals surface area contributed by atoms with E-state index in [9.17, 15) is 9.59 Å². The quantitative estimate of drug-likeness (QED) is 0.245. The van der Waals surface area contributed by atoms with Crippen molar-refractivity contribution in [3.63, 3.8) is 0 Å². The molecule has 236 valence electrons. The van der Waals surface area contributed by atoms with Gasteiger partial charge in [-0.3, -0.25) is 14.6 Å². The van der Waals surface area contributed by atoms with E-state index in [4.69, 9.17) is 20.9 Å². The maximum absolute atomic E-state index is 13.8. The van der Waals surface area contributed by atoms with Crippen LogP contribution >= 0.6 is 0 Å². The van der Waals surface area contributed by atoms with Gasteiger partial charge in [-0.2, -0.15) is 10.1 Å². The first-order valence-corrected chi connectivity index (χ1v) is 14.5. The summed E-state index contributed by atoms with van der Waals surface area (Å²) in [5.74, 6) is 0.639. The lowest BCUT2D eigenvalue weighted by molar-refractivity contribution is -0.127. The highest BCUT2D eigenvalue weighted by molar-refractivity contribution is 5.95. The molecule has 2 amide bonds. The maximum Gasteiger partial charge on any atom is 0.270 e. The van der Waals surface area contributed by atoms with Gasteiger partial charge in [-0.1, -0.05) is 30.3 Å². The van der Waals surface area contributed by atoms with E-state index in [1.54, 1.807) is 36.8 Å². The third kappa shape index (κ3) is 6.96. The van der Waals surface area contributed by atoms with E-state index in [1.165, 1.54) is 25.3 Å². The number of carbonyl (C=O) groups excluding carboxylic acids is 2. The van der Waals surface area contributed by atoms with E-state index in [0.29, 0.717) is 34.6 Å². The van der Waals surface area contributed by atoms with Crippen LogP contribution < -0.4 is 26.3 Å². The minimum atomic E-state index is -0.582. The molecule has 46 heavy (non-hydrogen) atoms. The Hall–Kier alpha value is -5.78. The van der Waals surface area contributed by atoms with Gasteiger partial charge in [-0.25, -0.2) is 9.99 Å².